The van der Waals surface area contributed by atoms with Crippen molar-refractivity contribution >= 4 is 11.8 Å². The fourth-order valence-electron chi connectivity index (χ4n) is 3.64. The number of phenolic OH excluding ortho intramolecular Hbond substituents is 1. The largest absolute Gasteiger partial charge is 0.504 e. The molecule has 0 amide bonds. The molecule has 0 aliphatic carbocycles. The van der Waals surface area contributed by atoms with E-state index in [9.17, 15) is 5.11 Å². The normalized spacial score (nSPS) is 15.2. The molecule has 1 aliphatic heterocycles. The minimum Gasteiger partial charge on any atom is -0.504 e. The number of methoxy groups -OCH3 is 1. The van der Waals surface area contributed by atoms with E-state index < -0.39 is 0 Å². The SMILES string of the molecule is CC=Cc1cc(CN2CCN(c3ccccc3OCC)CC2)c(O)c(OC)c1. The van der Waals surface area contributed by atoms with Gasteiger partial charge in [-0.05, 0) is 43.7 Å². The lowest BCUT2D eigenvalue weighted by atomic mass is 10.1. The molecular weight excluding hydrogens is 352 g/mol. The predicted molar refractivity (Wildman–Crippen MR) is 114 cm³/mol. The van der Waals surface area contributed by atoms with E-state index in [1.807, 2.05) is 50.3 Å². The molecule has 3 rings (SSSR count). The molecule has 1 fully saturated rings. The molecule has 1 heterocycles. The van der Waals surface area contributed by atoms with Gasteiger partial charge >= 0.3 is 0 Å². The van der Waals surface area contributed by atoms with Gasteiger partial charge in [0, 0.05) is 38.3 Å². The van der Waals surface area contributed by atoms with E-state index >= 15 is 0 Å². The van der Waals surface area contributed by atoms with Gasteiger partial charge in [0.2, 0.25) is 0 Å². The van der Waals surface area contributed by atoms with E-state index in [4.69, 9.17) is 9.47 Å². The third kappa shape index (κ3) is 4.60. The van der Waals surface area contributed by atoms with Crippen LogP contribution in [0.2, 0.25) is 0 Å². The van der Waals surface area contributed by atoms with E-state index in [0.29, 0.717) is 18.9 Å². The monoisotopic (exact) mass is 382 g/mol. The number of benzene rings is 2. The van der Waals surface area contributed by atoms with E-state index in [-0.39, 0.29) is 5.75 Å². The van der Waals surface area contributed by atoms with E-state index in [1.54, 1.807) is 7.11 Å². The lowest BCUT2D eigenvalue weighted by Crippen LogP contribution is -2.46. The van der Waals surface area contributed by atoms with Crippen molar-refractivity contribution < 1.29 is 14.6 Å². The molecule has 0 saturated carbocycles. The molecule has 1 saturated heterocycles. The third-order valence-electron chi connectivity index (χ3n) is 5.03. The van der Waals surface area contributed by atoms with Gasteiger partial charge in [-0.1, -0.05) is 24.3 Å². The number of para-hydroxylation sites is 2. The van der Waals surface area contributed by atoms with Gasteiger partial charge in [-0.15, -0.1) is 0 Å². The molecule has 1 aliphatic rings. The van der Waals surface area contributed by atoms with Crippen molar-refractivity contribution in [1.29, 1.82) is 0 Å². The maximum absolute atomic E-state index is 10.5. The highest BCUT2D eigenvalue weighted by molar-refractivity contribution is 5.60. The van der Waals surface area contributed by atoms with E-state index in [0.717, 1.165) is 48.7 Å². The molecule has 2 aromatic carbocycles. The Morgan fingerprint density at radius 3 is 2.50 bits per heavy atom. The van der Waals surface area contributed by atoms with Crippen LogP contribution in [0.3, 0.4) is 0 Å². The fraction of sp³-hybridized carbons (Fsp3) is 0.391. The van der Waals surface area contributed by atoms with Crippen LogP contribution < -0.4 is 14.4 Å². The van der Waals surface area contributed by atoms with Crippen molar-refractivity contribution in [1.82, 2.24) is 4.90 Å². The number of allylic oxidation sites excluding steroid dienone is 1. The maximum atomic E-state index is 10.5. The lowest BCUT2D eigenvalue weighted by Gasteiger charge is -2.36. The Hall–Kier alpha value is -2.66. The Labute approximate surface area is 167 Å². The van der Waals surface area contributed by atoms with Gasteiger partial charge in [0.15, 0.2) is 11.5 Å². The summed E-state index contributed by atoms with van der Waals surface area (Å²) in [7, 11) is 1.59. The Morgan fingerprint density at radius 1 is 1.07 bits per heavy atom. The quantitative estimate of drug-likeness (QED) is 0.779. The molecule has 0 bridgehead atoms. The topological polar surface area (TPSA) is 45.2 Å². The molecule has 0 atom stereocenters. The molecular formula is C23H30N2O3. The molecule has 0 aromatic heterocycles. The van der Waals surface area contributed by atoms with Gasteiger partial charge in [0.1, 0.15) is 5.75 Å². The number of ether oxygens (including phenoxy) is 2. The molecule has 2 aromatic rings. The summed E-state index contributed by atoms with van der Waals surface area (Å²) in [6.07, 6.45) is 4.01. The second-order valence-corrected chi connectivity index (χ2v) is 6.89. The molecule has 150 valence electrons. The van der Waals surface area contributed by atoms with Gasteiger partial charge < -0.3 is 19.5 Å². The summed E-state index contributed by atoms with van der Waals surface area (Å²) in [5, 5.41) is 10.5. The molecule has 28 heavy (non-hydrogen) atoms. The van der Waals surface area contributed by atoms with Crippen molar-refractivity contribution in [2.75, 3.05) is 44.8 Å². The van der Waals surface area contributed by atoms with Crippen LogP contribution in [-0.2, 0) is 6.54 Å². The average molecular weight is 383 g/mol. The van der Waals surface area contributed by atoms with E-state index in [2.05, 4.69) is 21.9 Å². The Morgan fingerprint density at radius 2 is 1.82 bits per heavy atom. The first kappa shape index (κ1) is 20.1. The number of aromatic hydroxyl groups is 1. The molecule has 5 nitrogen and oxygen atoms in total. The number of hydrogen-bond donors (Lipinski definition) is 1. The van der Waals surface area contributed by atoms with Gasteiger partial charge in [0.25, 0.3) is 0 Å². The smallest absolute Gasteiger partial charge is 0.162 e. The van der Waals surface area contributed by atoms with Gasteiger partial charge in [0.05, 0.1) is 19.4 Å². The number of rotatable bonds is 7. The standard InChI is InChI=1S/C23H30N2O3/c1-4-8-18-15-19(23(26)22(16-18)27-3)17-24-11-13-25(14-12-24)20-9-6-7-10-21(20)28-5-2/h4,6-10,15-16,26H,5,11-14,17H2,1-3H3. The summed E-state index contributed by atoms with van der Waals surface area (Å²) in [4.78, 5) is 4.74. The average Bonchev–Trinajstić information content (AvgIpc) is 2.72. The minimum absolute atomic E-state index is 0.236. The minimum atomic E-state index is 0.236. The number of phenols is 1. The van der Waals surface area contributed by atoms with Gasteiger partial charge in [-0.3, -0.25) is 4.90 Å². The number of anilines is 1. The summed E-state index contributed by atoms with van der Waals surface area (Å²) >= 11 is 0. The first-order chi connectivity index (χ1) is 13.7. The number of piperazine rings is 1. The van der Waals surface area contributed by atoms with Crippen molar-refractivity contribution in [3.05, 3.63) is 53.6 Å². The van der Waals surface area contributed by atoms with Crippen molar-refractivity contribution in [2.45, 2.75) is 20.4 Å². The number of nitrogens with zero attached hydrogens (tertiary/aromatic N) is 2. The summed E-state index contributed by atoms with van der Waals surface area (Å²) in [5.74, 6) is 1.70. The molecule has 0 radical (unpaired) electrons. The molecule has 1 N–H and O–H groups in total. The Kier molecular flexibility index (Phi) is 6.82. The van der Waals surface area contributed by atoms with E-state index in [1.165, 1.54) is 0 Å². The van der Waals surface area contributed by atoms with Crippen LogP contribution in [-0.4, -0.2) is 49.9 Å². The summed E-state index contributed by atoms with van der Waals surface area (Å²) in [6.45, 7) is 9.07. The predicted octanol–water partition coefficient (Wildman–Crippen LogP) is 4.15. The first-order valence-corrected chi connectivity index (χ1v) is 9.88. The molecule has 0 unspecified atom stereocenters. The summed E-state index contributed by atoms with van der Waals surface area (Å²) in [6, 6.07) is 12.1. The van der Waals surface area contributed by atoms with Crippen LogP contribution in [0.15, 0.2) is 42.5 Å². The van der Waals surface area contributed by atoms with Gasteiger partial charge in [-0.25, -0.2) is 0 Å². The first-order valence-electron chi connectivity index (χ1n) is 9.88. The summed E-state index contributed by atoms with van der Waals surface area (Å²) < 4.78 is 11.1. The summed E-state index contributed by atoms with van der Waals surface area (Å²) in [5.41, 5.74) is 3.09. The van der Waals surface area contributed by atoms with Crippen LogP contribution in [0.1, 0.15) is 25.0 Å². The Balaban J connectivity index is 1.69. The van der Waals surface area contributed by atoms with Crippen molar-refractivity contribution in [3.63, 3.8) is 0 Å². The van der Waals surface area contributed by atoms with Crippen LogP contribution in [0.25, 0.3) is 6.08 Å². The fourth-order valence-corrected chi connectivity index (χ4v) is 3.64. The highest BCUT2D eigenvalue weighted by Crippen LogP contribution is 2.34. The van der Waals surface area contributed by atoms with Crippen LogP contribution in [0.4, 0.5) is 5.69 Å². The third-order valence-corrected chi connectivity index (χ3v) is 5.03. The molecule has 0 spiro atoms. The van der Waals surface area contributed by atoms with Gasteiger partial charge in [-0.2, -0.15) is 0 Å². The maximum Gasteiger partial charge on any atom is 0.162 e. The zero-order valence-corrected chi connectivity index (χ0v) is 17.0. The zero-order chi connectivity index (χ0) is 19.9. The highest BCUT2D eigenvalue weighted by atomic mass is 16.5. The lowest BCUT2D eigenvalue weighted by molar-refractivity contribution is 0.244. The second kappa shape index (κ2) is 9.51. The Bertz CT molecular complexity index is 811. The zero-order valence-electron chi connectivity index (χ0n) is 17.0. The van der Waals surface area contributed by atoms with Crippen molar-refractivity contribution in [2.24, 2.45) is 0 Å². The molecule has 5 heteroatoms. The van der Waals surface area contributed by atoms with Crippen LogP contribution in [0, 0.1) is 0 Å². The van der Waals surface area contributed by atoms with Crippen molar-refractivity contribution in [3.8, 4) is 17.2 Å². The number of hydrogen-bond acceptors (Lipinski definition) is 5. The van der Waals surface area contributed by atoms with Crippen LogP contribution >= 0.6 is 0 Å². The van der Waals surface area contributed by atoms with Crippen LogP contribution in [0.5, 0.6) is 17.2 Å². The second-order valence-electron chi connectivity index (χ2n) is 6.89. The highest BCUT2D eigenvalue weighted by Gasteiger charge is 2.21.